The van der Waals surface area contributed by atoms with E-state index in [2.05, 4.69) is 10.0 Å². The first-order valence-corrected chi connectivity index (χ1v) is 7.29. The van der Waals surface area contributed by atoms with Crippen molar-refractivity contribution >= 4 is 15.7 Å². The second-order valence-electron chi connectivity index (χ2n) is 4.34. The van der Waals surface area contributed by atoms with Crippen LogP contribution in [0.4, 0.5) is 14.5 Å². The molecule has 2 N–H and O–H groups in total. The maximum atomic E-state index is 13.8. The van der Waals surface area contributed by atoms with Gasteiger partial charge in [-0.1, -0.05) is 24.3 Å². The molecule has 0 saturated carbocycles. The number of anilines is 1. The van der Waals surface area contributed by atoms with E-state index in [4.69, 9.17) is 0 Å². The quantitative estimate of drug-likeness (QED) is 0.849. The van der Waals surface area contributed by atoms with Gasteiger partial charge in [-0.05, 0) is 18.2 Å². The second kappa shape index (κ2) is 4.53. The molecule has 0 aliphatic carbocycles. The topological polar surface area (TPSA) is 58.2 Å². The lowest BCUT2D eigenvalue weighted by molar-refractivity contribution is 0.485. The van der Waals surface area contributed by atoms with Crippen molar-refractivity contribution in [1.82, 2.24) is 4.72 Å². The molecular weight excluding hydrogens is 286 g/mol. The monoisotopic (exact) mass is 296 g/mol. The first kappa shape index (κ1) is 13.0. The highest BCUT2D eigenvalue weighted by Crippen LogP contribution is 2.31. The van der Waals surface area contributed by atoms with Crippen LogP contribution in [0.1, 0.15) is 11.7 Å². The number of para-hydroxylation sites is 1. The number of rotatable bonds is 1. The van der Waals surface area contributed by atoms with Crippen LogP contribution in [0.5, 0.6) is 0 Å². The zero-order valence-electron chi connectivity index (χ0n) is 10.1. The predicted molar refractivity (Wildman–Crippen MR) is 69.5 cm³/mol. The molecule has 2 aromatic carbocycles. The highest BCUT2D eigenvalue weighted by atomic mass is 32.2. The molecule has 3 rings (SSSR count). The Morgan fingerprint density at radius 1 is 1.00 bits per heavy atom. The molecule has 2 aromatic rings. The Bertz CT molecular complexity index is 778. The van der Waals surface area contributed by atoms with E-state index >= 15 is 0 Å². The fraction of sp³-hybridized carbons (Fsp3) is 0.0769. The van der Waals surface area contributed by atoms with Crippen LogP contribution < -0.4 is 10.0 Å². The summed E-state index contributed by atoms with van der Waals surface area (Å²) >= 11 is 0. The Hall–Kier alpha value is -1.99. The van der Waals surface area contributed by atoms with Gasteiger partial charge in [-0.15, -0.1) is 0 Å². The largest absolute Gasteiger partial charge is 0.364 e. The maximum absolute atomic E-state index is 13.8. The average Bonchev–Trinajstić information content (AvgIpc) is 2.41. The van der Waals surface area contributed by atoms with Crippen molar-refractivity contribution in [3.63, 3.8) is 0 Å². The number of halogens is 2. The van der Waals surface area contributed by atoms with Gasteiger partial charge in [0.2, 0.25) is 10.0 Å². The summed E-state index contributed by atoms with van der Waals surface area (Å²) in [4.78, 5) is 0.0769. The van der Waals surface area contributed by atoms with Gasteiger partial charge in [0.15, 0.2) is 11.6 Å². The number of fused-ring (bicyclic) bond motifs is 1. The zero-order valence-corrected chi connectivity index (χ0v) is 10.9. The van der Waals surface area contributed by atoms with E-state index < -0.39 is 27.8 Å². The van der Waals surface area contributed by atoms with Crippen molar-refractivity contribution in [3.05, 3.63) is 59.7 Å². The molecule has 0 aromatic heterocycles. The van der Waals surface area contributed by atoms with Gasteiger partial charge >= 0.3 is 0 Å². The minimum absolute atomic E-state index is 0.0769. The Balaban J connectivity index is 2.10. The summed E-state index contributed by atoms with van der Waals surface area (Å²) in [5.74, 6) is -2.10. The molecule has 1 heterocycles. The molecule has 1 unspecified atom stereocenters. The SMILES string of the molecule is O=S1(=O)NC(c2cccc(F)c2F)Nc2ccccc21. The first-order chi connectivity index (χ1) is 9.49. The molecule has 0 radical (unpaired) electrons. The van der Waals surface area contributed by atoms with Crippen LogP contribution in [0, 0.1) is 11.6 Å². The molecule has 0 bridgehead atoms. The standard InChI is InChI=1S/C13H10F2N2O2S/c14-9-5-3-4-8(12(9)15)13-16-10-6-1-2-7-11(10)20(18,19)17-13/h1-7,13,16-17H. The Morgan fingerprint density at radius 3 is 2.55 bits per heavy atom. The average molecular weight is 296 g/mol. The third kappa shape index (κ3) is 2.04. The molecular formula is C13H10F2N2O2S. The number of benzene rings is 2. The van der Waals surface area contributed by atoms with Crippen molar-refractivity contribution in [2.75, 3.05) is 5.32 Å². The highest BCUT2D eigenvalue weighted by molar-refractivity contribution is 7.89. The second-order valence-corrected chi connectivity index (χ2v) is 6.02. The van der Waals surface area contributed by atoms with Crippen LogP contribution in [0.3, 0.4) is 0 Å². The van der Waals surface area contributed by atoms with E-state index in [0.29, 0.717) is 5.69 Å². The summed E-state index contributed by atoms with van der Waals surface area (Å²) in [5.41, 5.74) is 0.253. The molecule has 0 amide bonds. The molecule has 0 saturated heterocycles. The van der Waals surface area contributed by atoms with Crippen molar-refractivity contribution < 1.29 is 17.2 Å². The third-order valence-electron chi connectivity index (χ3n) is 3.04. The highest BCUT2D eigenvalue weighted by Gasteiger charge is 2.31. The molecule has 20 heavy (non-hydrogen) atoms. The molecule has 0 fully saturated rings. The van der Waals surface area contributed by atoms with Gasteiger partial charge in [0, 0.05) is 5.56 Å². The number of hydrogen-bond acceptors (Lipinski definition) is 3. The fourth-order valence-electron chi connectivity index (χ4n) is 2.11. The first-order valence-electron chi connectivity index (χ1n) is 5.81. The normalized spacial score (nSPS) is 20.0. The summed E-state index contributed by atoms with van der Waals surface area (Å²) < 4.78 is 53.5. The molecule has 1 atom stereocenters. The summed E-state index contributed by atoms with van der Waals surface area (Å²) in [6.07, 6.45) is -1.05. The van der Waals surface area contributed by atoms with Gasteiger partial charge in [-0.25, -0.2) is 17.2 Å². The summed E-state index contributed by atoms with van der Waals surface area (Å²) in [6, 6.07) is 9.87. The maximum Gasteiger partial charge on any atom is 0.244 e. The van der Waals surface area contributed by atoms with E-state index in [1.54, 1.807) is 18.2 Å². The lowest BCUT2D eigenvalue weighted by Gasteiger charge is -2.28. The van der Waals surface area contributed by atoms with E-state index in [-0.39, 0.29) is 10.5 Å². The number of nitrogens with one attached hydrogen (secondary N) is 2. The molecule has 0 spiro atoms. The van der Waals surface area contributed by atoms with Crippen molar-refractivity contribution in [2.24, 2.45) is 0 Å². The summed E-state index contributed by atoms with van der Waals surface area (Å²) in [7, 11) is -3.77. The fourth-order valence-corrected chi connectivity index (χ4v) is 3.41. The Labute approximate surface area is 114 Å². The van der Waals surface area contributed by atoms with Crippen LogP contribution >= 0.6 is 0 Å². The van der Waals surface area contributed by atoms with Crippen LogP contribution in [0.2, 0.25) is 0 Å². The predicted octanol–water partition coefficient (Wildman–Crippen LogP) is 2.37. The van der Waals surface area contributed by atoms with Gasteiger partial charge in [0.05, 0.1) is 5.69 Å². The van der Waals surface area contributed by atoms with Crippen LogP contribution in [0.25, 0.3) is 0 Å². The van der Waals surface area contributed by atoms with E-state index in [0.717, 1.165) is 6.07 Å². The molecule has 4 nitrogen and oxygen atoms in total. The van der Waals surface area contributed by atoms with Crippen molar-refractivity contribution in [2.45, 2.75) is 11.1 Å². The van der Waals surface area contributed by atoms with Gasteiger partial charge in [-0.3, -0.25) is 0 Å². The lowest BCUT2D eigenvalue weighted by Crippen LogP contribution is -2.38. The number of hydrogen-bond donors (Lipinski definition) is 2. The minimum atomic E-state index is -3.77. The smallest absolute Gasteiger partial charge is 0.244 e. The zero-order chi connectivity index (χ0) is 14.3. The number of sulfonamides is 1. The van der Waals surface area contributed by atoms with Crippen LogP contribution in [-0.2, 0) is 10.0 Å². The van der Waals surface area contributed by atoms with Gasteiger partial charge in [0.25, 0.3) is 0 Å². The van der Waals surface area contributed by atoms with Gasteiger partial charge in [0.1, 0.15) is 11.1 Å². The van der Waals surface area contributed by atoms with Crippen molar-refractivity contribution in [1.29, 1.82) is 0 Å². The summed E-state index contributed by atoms with van der Waals surface area (Å²) in [5, 5.41) is 2.84. The summed E-state index contributed by atoms with van der Waals surface area (Å²) in [6.45, 7) is 0. The Kier molecular flexibility index (Phi) is 2.95. The minimum Gasteiger partial charge on any atom is -0.364 e. The lowest BCUT2D eigenvalue weighted by atomic mass is 10.1. The van der Waals surface area contributed by atoms with Crippen LogP contribution in [0.15, 0.2) is 47.4 Å². The molecule has 1 aliphatic heterocycles. The third-order valence-corrected chi connectivity index (χ3v) is 4.52. The van der Waals surface area contributed by atoms with E-state index in [1.807, 2.05) is 0 Å². The van der Waals surface area contributed by atoms with Gasteiger partial charge in [-0.2, -0.15) is 4.72 Å². The Morgan fingerprint density at radius 2 is 1.75 bits per heavy atom. The molecule has 104 valence electrons. The molecule has 7 heteroatoms. The van der Waals surface area contributed by atoms with E-state index in [1.165, 1.54) is 18.2 Å². The molecule has 1 aliphatic rings. The van der Waals surface area contributed by atoms with E-state index in [9.17, 15) is 17.2 Å². The van der Waals surface area contributed by atoms with Gasteiger partial charge < -0.3 is 5.32 Å². The van der Waals surface area contributed by atoms with Crippen molar-refractivity contribution in [3.8, 4) is 0 Å². The van der Waals surface area contributed by atoms with Crippen LogP contribution in [-0.4, -0.2) is 8.42 Å².